The van der Waals surface area contributed by atoms with E-state index in [1.807, 2.05) is 0 Å². The average molecular weight is 235 g/mol. The van der Waals surface area contributed by atoms with Crippen LogP contribution in [0.2, 0.25) is 0 Å². The molecule has 1 atom stereocenters. The molecule has 1 saturated carbocycles. The van der Waals surface area contributed by atoms with Gasteiger partial charge in [-0.05, 0) is 12.8 Å². The molecule has 7 nitrogen and oxygen atoms in total. The van der Waals surface area contributed by atoms with Crippen molar-refractivity contribution in [2.75, 3.05) is 0 Å². The summed E-state index contributed by atoms with van der Waals surface area (Å²) in [5.41, 5.74) is 0. The largest absolute Gasteiger partial charge is 0.298 e. The molecule has 1 aliphatic heterocycles. The molecule has 0 spiro atoms. The number of rotatable bonds is 4. The van der Waals surface area contributed by atoms with Crippen LogP contribution in [0.1, 0.15) is 25.1 Å². The normalized spacial score (nSPS) is 24.7. The number of aromatic nitrogens is 3. The Bertz CT molecular complexity index is 440. The molecule has 0 aromatic carbocycles. The zero-order chi connectivity index (χ0) is 11.8. The standard InChI is InChI=1S/C10H13N5O2/c16-9-3-7(10(17)15(9)6-1-2-6)11-4-8-12-5-13-14-8/h5-7,11H,1-4H2,(H,12,13,14). The van der Waals surface area contributed by atoms with E-state index in [0.717, 1.165) is 12.8 Å². The van der Waals surface area contributed by atoms with E-state index in [-0.39, 0.29) is 24.3 Å². The van der Waals surface area contributed by atoms with Gasteiger partial charge >= 0.3 is 0 Å². The van der Waals surface area contributed by atoms with Gasteiger partial charge < -0.3 is 0 Å². The molecule has 1 aliphatic carbocycles. The maximum absolute atomic E-state index is 12.0. The molecule has 2 heterocycles. The lowest BCUT2D eigenvalue weighted by Crippen LogP contribution is -2.39. The second-order valence-electron chi connectivity index (χ2n) is 4.40. The van der Waals surface area contributed by atoms with E-state index in [0.29, 0.717) is 12.4 Å². The number of imide groups is 1. The number of H-pyrrole nitrogens is 1. The molecule has 17 heavy (non-hydrogen) atoms. The minimum Gasteiger partial charge on any atom is -0.298 e. The maximum atomic E-state index is 12.0. The van der Waals surface area contributed by atoms with E-state index in [1.54, 1.807) is 0 Å². The molecule has 90 valence electrons. The van der Waals surface area contributed by atoms with Gasteiger partial charge in [-0.1, -0.05) is 0 Å². The van der Waals surface area contributed by atoms with E-state index in [9.17, 15) is 9.59 Å². The van der Waals surface area contributed by atoms with Gasteiger partial charge in [0.2, 0.25) is 11.8 Å². The highest BCUT2D eigenvalue weighted by Gasteiger charge is 2.45. The number of aromatic amines is 1. The Labute approximate surface area is 97.6 Å². The van der Waals surface area contributed by atoms with Crippen molar-refractivity contribution in [2.45, 2.75) is 37.9 Å². The van der Waals surface area contributed by atoms with Crippen LogP contribution in [0.15, 0.2) is 6.33 Å². The summed E-state index contributed by atoms with van der Waals surface area (Å²) in [4.78, 5) is 29.0. The second kappa shape index (κ2) is 3.92. The first kappa shape index (κ1) is 10.4. The third kappa shape index (κ3) is 1.93. The number of hydrogen-bond donors (Lipinski definition) is 2. The molecule has 0 radical (unpaired) electrons. The van der Waals surface area contributed by atoms with Gasteiger partial charge in [0.05, 0.1) is 19.0 Å². The fourth-order valence-corrected chi connectivity index (χ4v) is 2.06. The van der Waals surface area contributed by atoms with Crippen LogP contribution in [-0.4, -0.2) is 44.0 Å². The molecule has 1 unspecified atom stereocenters. The monoisotopic (exact) mass is 235 g/mol. The van der Waals surface area contributed by atoms with Crippen molar-refractivity contribution in [3.05, 3.63) is 12.2 Å². The number of nitrogens with zero attached hydrogens (tertiary/aromatic N) is 3. The van der Waals surface area contributed by atoms with Crippen molar-refractivity contribution < 1.29 is 9.59 Å². The second-order valence-corrected chi connectivity index (χ2v) is 4.40. The van der Waals surface area contributed by atoms with Crippen LogP contribution in [0.3, 0.4) is 0 Å². The van der Waals surface area contributed by atoms with E-state index in [1.165, 1.54) is 11.2 Å². The van der Waals surface area contributed by atoms with E-state index < -0.39 is 6.04 Å². The molecular formula is C10H13N5O2. The summed E-state index contributed by atoms with van der Waals surface area (Å²) < 4.78 is 0. The van der Waals surface area contributed by atoms with Crippen LogP contribution >= 0.6 is 0 Å². The van der Waals surface area contributed by atoms with Gasteiger partial charge in [-0.2, -0.15) is 5.10 Å². The summed E-state index contributed by atoms with van der Waals surface area (Å²) in [5, 5.41) is 9.45. The van der Waals surface area contributed by atoms with Crippen molar-refractivity contribution in [3.63, 3.8) is 0 Å². The Morgan fingerprint density at radius 2 is 2.29 bits per heavy atom. The minimum atomic E-state index is -0.409. The summed E-state index contributed by atoms with van der Waals surface area (Å²) in [6.45, 7) is 0.419. The molecule has 1 saturated heterocycles. The minimum absolute atomic E-state index is 0.0624. The van der Waals surface area contributed by atoms with Gasteiger partial charge in [-0.25, -0.2) is 4.98 Å². The SMILES string of the molecule is O=C1CC(NCc2ncn[nH]2)C(=O)N1C1CC1. The summed E-state index contributed by atoms with van der Waals surface area (Å²) >= 11 is 0. The predicted molar refractivity (Wildman–Crippen MR) is 56.5 cm³/mol. The zero-order valence-corrected chi connectivity index (χ0v) is 9.22. The van der Waals surface area contributed by atoms with Gasteiger partial charge in [0, 0.05) is 6.04 Å². The molecule has 1 aromatic rings. The summed E-state index contributed by atoms with van der Waals surface area (Å²) in [6.07, 6.45) is 3.57. The number of carbonyl (C=O) groups excluding carboxylic acids is 2. The smallest absolute Gasteiger partial charge is 0.247 e. The van der Waals surface area contributed by atoms with Crippen molar-refractivity contribution >= 4 is 11.8 Å². The van der Waals surface area contributed by atoms with Gasteiger partial charge in [0.25, 0.3) is 0 Å². The fraction of sp³-hybridized carbons (Fsp3) is 0.600. The molecule has 3 rings (SSSR count). The van der Waals surface area contributed by atoms with Crippen molar-refractivity contribution in [1.29, 1.82) is 0 Å². The molecule has 2 N–H and O–H groups in total. The molecule has 2 amide bonds. The molecular weight excluding hydrogens is 222 g/mol. The van der Waals surface area contributed by atoms with Gasteiger partial charge in [0.15, 0.2) is 0 Å². The fourth-order valence-electron chi connectivity index (χ4n) is 2.06. The highest BCUT2D eigenvalue weighted by molar-refractivity contribution is 6.06. The number of amides is 2. The first-order valence-corrected chi connectivity index (χ1v) is 5.69. The predicted octanol–water partition coefficient (Wildman–Crippen LogP) is -0.816. The highest BCUT2D eigenvalue weighted by Crippen LogP contribution is 2.31. The average Bonchev–Trinajstić information content (AvgIpc) is 2.90. The highest BCUT2D eigenvalue weighted by atomic mass is 16.2. The summed E-state index contributed by atoms with van der Waals surface area (Å²) in [5.74, 6) is 0.500. The molecule has 1 aromatic heterocycles. The topological polar surface area (TPSA) is 91.0 Å². The van der Waals surface area contributed by atoms with E-state index >= 15 is 0 Å². The maximum Gasteiger partial charge on any atom is 0.247 e. The molecule has 2 fully saturated rings. The van der Waals surface area contributed by atoms with Crippen molar-refractivity contribution in [3.8, 4) is 0 Å². The lowest BCUT2D eigenvalue weighted by atomic mass is 10.2. The third-order valence-corrected chi connectivity index (χ3v) is 3.08. The van der Waals surface area contributed by atoms with Crippen molar-refractivity contribution in [1.82, 2.24) is 25.4 Å². The molecule has 2 aliphatic rings. The van der Waals surface area contributed by atoms with Crippen LogP contribution in [0.5, 0.6) is 0 Å². The van der Waals surface area contributed by atoms with Crippen LogP contribution in [0, 0.1) is 0 Å². The first-order valence-electron chi connectivity index (χ1n) is 5.69. The van der Waals surface area contributed by atoms with Gasteiger partial charge in [0.1, 0.15) is 12.2 Å². The van der Waals surface area contributed by atoms with Gasteiger partial charge in [-0.3, -0.25) is 24.9 Å². The molecule has 7 heteroatoms. The summed E-state index contributed by atoms with van der Waals surface area (Å²) in [6, 6.07) is -0.250. The Kier molecular flexibility index (Phi) is 2.40. The Hall–Kier alpha value is -1.76. The number of likely N-dealkylation sites (tertiary alicyclic amines) is 1. The lowest BCUT2D eigenvalue weighted by Gasteiger charge is -2.13. The van der Waals surface area contributed by atoms with E-state index in [2.05, 4.69) is 20.5 Å². The van der Waals surface area contributed by atoms with Crippen LogP contribution in [-0.2, 0) is 16.1 Å². The number of hydrogen-bond acceptors (Lipinski definition) is 5. The van der Waals surface area contributed by atoms with Crippen molar-refractivity contribution in [2.24, 2.45) is 0 Å². The lowest BCUT2D eigenvalue weighted by molar-refractivity contribution is -0.139. The Balaban J connectivity index is 1.61. The van der Waals surface area contributed by atoms with E-state index in [4.69, 9.17) is 0 Å². The third-order valence-electron chi connectivity index (χ3n) is 3.08. The quantitative estimate of drug-likeness (QED) is 0.666. The Morgan fingerprint density at radius 1 is 1.47 bits per heavy atom. The molecule has 0 bridgehead atoms. The van der Waals surface area contributed by atoms with Gasteiger partial charge in [-0.15, -0.1) is 0 Å². The number of carbonyl (C=O) groups is 2. The zero-order valence-electron chi connectivity index (χ0n) is 9.22. The first-order chi connectivity index (χ1) is 8.25. The Morgan fingerprint density at radius 3 is 2.94 bits per heavy atom. The summed E-state index contributed by atoms with van der Waals surface area (Å²) in [7, 11) is 0. The van der Waals surface area contributed by atoms with Crippen LogP contribution < -0.4 is 5.32 Å². The van der Waals surface area contributed by atoms with Crippen LogP contribution in [0.4, 0.5) is 0 Å². The number of nitrogens with one attached hydrogen (secondary N) is 2. The van der Waals surface area contributed by atoms with Crippen LogP contribution in [0.25, 0.3) is 0 Å².